The number of rotatable bonds is 9. The molecule has 1 aromatic heterocycles. The third-order valence-electron chi connectivity index (χ3n) is 8.54. The summed E-state index contributed by atoms with van der Waals surface area (Å²) in [4.78, 5) is 25.3. The Kier molecular flexibility index (Phi) is 10.2. The number of amides is 2. The van der Waals surface area contributed by atoms with Crippen molar-refractivity contribution >= 4 is 29.3 Å². The number of thioether (sulfide) groups is 1. The van der Waals surface area contributed by atoms with Gasteiger partial charge in [0.25, 0.3) is 0 Å². The number of tetrazole rings is 1. The van der Waals surface area contributed by atoms with Crippen LogP contribution in [-0.2, 0) is 25.7 Å². The summed E-state index contributed by atoms with van der Waals surface area (Å²) < 4.78 is 53.7. The Bertz CT molecular complexity index is 1760. The van der Waals surface area contributed by atoms with Crippen LogP contribution in [0.1, 0.15) is 48.8 Å². The second kappa shape index (κ2) is 14.5. The minimum Gasteiger partial charge on any atom is -0.508 e. The van der Waals surface area contributed by atoms with Gasteiger partial charge in [-0.1, -0.05) is 55.1 Å². The van der Waals surface area contributed by atoms with Gasteiger partial charge in [-0.3, -0.25) is 9.59 Å². The number of alkyl halides is 3. The number of anilines is 1. The number of hydrogen-bond acceptors (Lipinski definition) is 10. The summed E-state index contributed by atoms with van der Waals surface area (Å²) in [6.45, 7) is 1.78. The SMILES string of the molecule is C[C@@H]1[C@H](CSc2nnnn2-c2ccc(O)cc2)O[C@H](c2ccc(NC(=O)[C@@H]3CCCN3C(=O)C(F)(F)F)cc2)O[C@@H]1c1ccc(CO)cc1. The lowest BCUT2D eigenvalue weighted by Gasteiger charge is -2.41. The predicted molar refractivity (Wildman–Crippen MR) is 170 cm³/mol. The highest BCUT2D eigenvalue weighted by atomic mass is 32.2. The van der Waals surface area contributed by atoms with Gasteiger partial charge in [0.2, 0.25) is 11.1 Å². The Labute approximate surface area is 283 Å². The van der Waals surface area contributed by atoms with E-state index in [1.165, 1.54) is 11.8 Å². The number of aliphatic hydroxyl groups is 1. The van der Waals surface area contributed by atoms with Crippen LogP contribution in [0, 0.1) is 5.92 Å². The lowest BCUT2D eigenvalue weighted by molar-refractivity contribution is -0.268. The highest BCUT2D eigenvalue weighted by molar-refractivity contribution is 7.99. The fourth-order valence-corrected chi connectivity index (χ4v) is 6.94. The smallest absolute Gasteiger partial charge is 0.471 e. The van der Waals surface area contributed by atoms with E-state index in [9.17, 15) is 33.0 Å². The zero-order valence-corrected chi connectivity index (χ0v) is 27.0. The number of nitrogens with one attached hydrogen (secondary N) is 1. The molecule has 0 radical (unpaired) electrons. The maximum absolute atomic E-state index is 13.1. The Hall–Kier alpha value is -4.51. The first kappa shape index (κ1) is 34.4. The third kappa shape index (κ3) is 7.72. The average molecular weight is 699 g/mol. The summed E-state index contributed by atoms with van der Waals surface area (Å²) in [5, 5.41) is 34.4. The number of ether oxygens (including phenoxy) is 2. The van der Waals surface area contributed by atoms with Gasteiger partial charge < -0.3 is 29.9 Å². The largest absolute Gasteiger partial charge is 0.508 e. The fraction of sp³-hybridized carbons (Fsp3) is 0.364. The van der Waals surface area contributed by atoms with Crippen LogP contribution in [0.5, 0.6) is 5.75 Å². The zero-order valence-electron chi connectivity index (χ0n) is 26.2. The van der Waals surface area contributed by atoms with Crippen molar-refractivity contribution in [3.8, 4) is 11.4 Å². The van der Waals surface area contributed by atoms with Crippen molar-refractivity contribution in [3.05, 3.63) is 89.5 Å². The van der Waals surface area contributed by atoms with Crippen molar-refractivity contribution in [1.82, 2.24) is 25.1 Å². The number of aromatic hydroxyl groups is 1. The van der Waals surface area contributed by atoms with Crippen LogP contribution < -0.4 is 5.32 Å². The quantitative estimate of drug-likeness (QED) is 0.205. The van der Waals surface area contributed by atoms with E-state index in [4.69, 9.17) is 9.47 Å². The molecule has 3 aromatic carbocycles. The Morgan fingerprint density at radius 2 is 1.69 bits per heavy atom. The van der Waals surface area contributed by atoms with Crippen molar-refractivity contribution in [2.45, 2.75) is 62.2 Å². The van der Waals surface area contributed by atoms with E-state index in [0.717, 1.165) is 11.1 Å². The van der Waals surface area contributed by atoms with Gasteiger partial charge in [0.15, 0.2) is 6.29 Å². The number of likely N-dealkylation sites (tertiary alicyclic amines) is 1. The topological polar surface area (TPSA) is 152 Å². The number of benzene rings is 3. The molecule has 5 atom stereocenters. The number of carbonyl (C=O) groups is 2. The molecular formula is C33H33F3N6O6S. The summed E-state index contributed by atoms with van der Waals surface area (Å²) in [6, 6.07) is 19.3. The number of halogens is 3. The molecule has 3 heterocycles. The van der Waals surface area contributed by atoms with Crippen molar-refractivity contribution < 1.29 is 42.4 Å². The molecule has 0 spiro atoms. The van der Waals surface area contributed by atoms with E-state index in [1.54, 1.807) is 53.2 Å². The molecular weight excluding hydrogens is 665 g/mol. The van der Waals surface area contributed by atoms with Crippen molar-refractivity contribution in [2.24, 2.45) is 5.92 Å². The molecule has 12 nitrogen and oxygen atoms in total. The van der Waals surface area contributed by atoms with Crippen molar-refractivity contribution in [3.63, 3.8) is 0 Å². The van der Waals surface area contributed by atoms with E-state index in [1.807, 2.05) is 31.2 Å². The van der Waals surface area contributed by atoms with Crippen LogP contribution in [0.3, 0.4) is 0 Å². The first-order valence-electron chi connectivity index (χ1n) is 15.5. The molecule has 0 saturated carbocycles. The standard InChI is InChI=1S/C33H33F3N6O6S/c1-19-27(18-49-32-38-39-40-42(32)24-12-14-25(44)15-13-24)47-30(48-28(19)21-6-4-20(17-43)5-7-21)22-8-10-23(11-9-22)37-29(45)26-3-2-16-41(26)31(46)33(34,35)36/h4-15,19,26-28,30,43-44H,2-3,16-18H2,1H3,(H,37,45)/t19-,26+,27+,28+,30+/m1/s1. The lowest BCUT2D eigenvalue weighted by atomic mass is 9.91. The predicted octanol–water partition coefficient (Wildman–Crippen LogP) is 4.94. The van der Waals surface area contributed by atoms with Gasteiger partial charge in [0, 0.05) is 29.5 Å². The second-order valence-corrected chi connectivity index (χ2v) is 12.8. The molecule has 258 valence electrons. The molecule has 49 heavy (non-hydrogen) atoms. The average Bonchev–Trinajstić information content (AvgIpc) is 3.78. The number of phenols is 1. The first-order valence-corrected chi connectivity index (χ1v) is 16.5. The summed E-state index contributed by atoms with van der Waals surface area (Å²) >= 11 is 1.39. The van der Waals surface area contributed by atoms with E-state index >= 15 is 0 Å². The van der Waals surface area contributed by atoms with E-state index < -0.39 is 36.4 Å². The molecule has 3 N–H and O–H groups in total. The van der Waals surface area contributed by atoms with Gasteiger partial charge in [-0.25, -0.2) is 0 Å². The Morgan fingerprint density at radius 1 is 1.00 bits per heavy atom. The second-order valence-electron chi connectivity index (χ2n) is 11.8. The summed E-state index contributed by atoms with van der Waals surface area (Å²) in [7, 11) is 0. The molecule has 2 amide bonds. The van der Waals surface area contributed by atoms with Crippen molar-refractivity contribution in [1.29, 1.82) is 0 Å². The van der Waals surface area contributed by atoms with Crippen LogP contribution in [0.15, 0.2) is 78.0 Å². The van der Waals surface area contributed by atoms with E-state index in [2.05, 4.69) is 20.8 Å². The highest BCUT2D eigenvalue weighted by Crippen LogP contribution is 2.43. The van der Waals surface area contributed by atoms with Gasteiger partial charge >= 0.3 is 12.1 Å². The minimum atomic E-state index is -5.06. The summed E-state index contributed by atoms with van der Waals surface area (Å²) in [6.07, 6.45) is -6.20. The molecule has 0 aliphatic carbocycles. The first-order chi connectivity index (χ1) is 23.5. The molecule has 0 unspecified atom stereocenters. The molecule has 2 saturated heterocycles. The van der Waals surface area contributed by atoms with Crippen LogP contribution in [-0.4, -0.2) is 77.8 Å². The highest BCUT2D eigenvalue weighted by Gasteiger charge is 2.47. The minimum absolute atomic E-state index is 0.0948. The summed E-state index contributed by atoms with van der Waals surface area (Å²) in [5.74, 6) is -2.28. The fourth-order valence-electron chi connectivity index (χ4n) is 5.89. The Balaban J connectivity index is 1.18. The summed E-state index contributed by atoms with van der Waals surface area (Å²) in [5.41, 5.74) is 3.30. The van der Waals surface area contributed by atoms with Crippen LogP contribution in [0.4, 0.5) is 18.9 Å². The van der Waals surface area contributed by atoms with Crippen LogP contribution in [0.25, 0.3) is 5.69 Å². The number of nitrogens with zero attached hydrogens (tertiary/aromatic N) is 5. The zero-order chi connectivity index (χ0) is 34.7. The molecule has 2 aliphatic rings. The molecule has 0 bridgehead atoms. The van der Waals surface area contributed by atoms with Gasteiger partial charge in [-0.2, -0.15) is 17.9 Å². The number of hydrogen-bond donors (Lipinski definition) is 3. The van der Waals surface area contributed by atoms with Gasteiger partial charge in [-0.05, 0) is 70.8 Å². The monoisotopic (exact) mass is 698 g/mol. The normalized spacial score (nSPS) is 22.6. The van der Waals surface area contributed by atoms with E-state index in [-0.39, 0.29) is 37.3 Å². The number of aliphatic hydroxyl groups excluding tert-OH is 1. The molecule has 4 aromatic rings. The van der Waals surface area contributed by atoms with Gasteiger partial charge in [0.1, 0.15) is 11.8 Å². The number of aromatic nitrogens is 4. The van der Waals surface area contributed by atoms with Crippen LogP contribution >= 0.6 is 11.8 Å². The third-order valence-corrected chi connectivity index (χ3v) is 9.55. The number of phenolic OH excluding ortho intramolecular Hbond substituents is 1. The molecule has 6 rings (SSSR count). The maximum Gasteiger partial charge on any atom is 0.471 e. The maximum atomic E-state index is 13.1. The Morgan fingerprint density at radius 3 is 2.37 bits per heavy atom. The number of carbonyl (C=O) groups excluding carboxylic acids is 2. The van der Waals surface area contributed by atoms with Crippen LogP contribution in [0.2, 0.25) is 0 Å². The van der Waals surface area contributed by atoms with Gasteiger partial charge in [-0.15, -0.1) is 5.10 Å². The molecule has 2 aliphatic heterocycles. The van der Waals surface area contributed by atoms with Crippen molar-refractivity contribution in [2.75, 3.05) is 17.6 Å². The lowest BCUT2D eigenvalue weighted by Crippen LogP contribution is -2.48. The molecule has 2 fully saturated rings. The van der Waals surface area contributed by atoms with E-state index in [0.29, 0.717) is 39.2 Å². The van der Waals surface area contributed by atoms with Gasteiger partial charge in [0.05, 0.1) is 24.5 Å². The molecule has 16 heteroatoms.